The van der Waals surface area contributed by atoms with Crippen molar-refractivity contribution < 1.29 is 13.5 Å². The minimum absolute atomic E-state index is 0.00228. The van der Waals surface area contributed by atoms with E-state index in [1.807, 2.05) is 0 Å². The van der Waals surface area contributed by atoms with Crippen molar-refractivity contribution in [2.45, 2.75) is 12.5 Å². The highest BCUT2D eigenvalue weighted by Crippen LogP contribution is 2.36. The largest absolute Gasteiger partial charge is 0.388 e. The Hall–Kier alpha value is -1.12. The second kappa shape index (κ2) is 4.71. The molecular formula is C12H13BrN2O4S. The van der Waals surface area contributed by atoms with E-state index in [-0.39, 0.29) is 23.1 Å². The first kappa shape index (κ1) is 13.8. The highest BCUT2D eigenvalue weighted by molar-refractivity contribution is 9.10. The van der Waals surface area contributed by atoms with Gasteiger partial charge in [0.1, 0.15) is 0 Å². The lowest BCUT2D eigenvalue weighted by atomic mass is 9.95. The van der Waals surface area contributed by atoms with Gasteiger partial charge in [0.25, 0.3) is 0 Å². The van der Waals surface area contributed by atoms with Crippen LogP contribution in [0, 0.1) is 5.92 Å². The van der Waals surface area contributed by atoms with Gasteiger partial charge in [0, 0.05) is 10.4 Å². The number of sulfone groups is 1. The van der Waals surface area contributed by atoms with Crippen molar-refractivity contribution in [3.63, 3.8) is 0 Å². The summed E-state index contributed by atoms with van der Waals surface area (Å²) in [5.41, 5.74) is 1.50. The minimum atomic E-state index is -3.04. The van der Waals surface area contributed by atoms with Crippen molar-refractivity contribution in [2.24, 2.45) is 5.92 Å². The lowest BCUT2D eigenvalue weighted by molar-refractivity contribution is 0.120. The van der Waals surface area contributed by atoms with E-state index in [2.05, 4.69) is 25.9 Å². The second-order valence-electron chi connectivity index (χ2n) is 5.11. The van der Waals surface area contributed by atoms with Gasteiger partial charge in [-0.25, -0.2) is 13.2 Å². The van der Waals surface area contributed by atoms with Crippen molar-refractivity contribution in [1.82, 2.24) is 9.97 Å². The van der Waals surface area contributed by atoms with Crippen LogP contribution in [-0.4, -0.2) is 35.0 Å². The van der Waals surface area contributed by atoms with Crippen LogP contribution in [0.1, 0.15) is 18.1 Å². The molecule has 0 radical (unpaired) electrons. The maximum Gasteiger partial charge on any atom is 0.323 e. The molecule has 0 aliphatic carbocycles. The molecule has 1 aliphatic rings. The molecule has 1 aliphatic heterocycles. The van der Waals surface area contributed by atoms with Crippen LogP contribution in [0.15, 0.2) is 21.4 Å². The molecular weight excluding hydrogens is 348 g/mol. The number of nitrogens with one attached hydrogen (secondary N) is 2. The molecule has 0 amide bonds. The highest BCUT2D eigenvalue weighted by Gasteiger charge is 2.34. The zero-order valence-electron chi connectivity index (χ0n) is 10.4. The topological polar surface area (TPSA) is 103 Å². The van der Waals surface area contributed by atoms with Crippen LogP contribution in [0.3, 0.4) is 0 Å². The van der Waals surface area contributed by atoms with Crippen LogP contribution >= 0.6 is 15.9 Å². The number of aromatic amines is 2. The summed E-state index contributed by atoms with van der Waals surface area (Å²) in [5.74, 6) is -0.183. The molecule has 0 bridgehead atoms. The van der Waals surface area contributed by atoms with Crippen molar-refractivity contribution in [3.8, 4) is 0 Å². The van der Waals surface area contributed by atoms with Gasteiger partial charge in [-0.2, -0.15) is 0 Å². The predicted molar refractivity (Wildman–Crippen MR) is 78.3 cm³/mol. The summed E-state index contributed by atoms with van der Waals surface area (Å²) in [6.07, 6.45) is -0.415. The molecule has 1 saturated heterocycles. The Morgan fingerprint density at radius 1 is 1.30 bits per heavy atom. The predicted octanol–water partition coefficient (Wildman–Crippen LogP) is 1.09. The van der Waals surface area contributed by atoms with Crippen LogP contribution in [0.25, 0.3) is 11.0 Å². The number of benzene rings is 1. The number of hydrogen-bond donors (Lipinski definition) is 3. The molecule has 0 spiro atoms. The Morgan fingerprint density at radius 2 is 1.95 bits per heavy atom. The molecule has 8 heteroatoms. The Bertz CT molecular complexity index is 824. The Morgan fingerprint density at radius 3 is 2.55 bits per heavy atom. The average Bonchev–Trinajstić information content (AvgIpc) is 2.88. The third-order valence-corrected chi connectivity index (χ3v) is 6.15. The molecule has 2 atom stereocenters. The van der Waals surface area contributed by atoms with Crippen molar-refractivity contribution >= 4 is 36.8 Å². The summed E-state index contributed by atoms with van der Waals surface area (Å²) in [6.45, 7) is 0. The number of aliphatic hydroxyl groups is 1. The fourth-order valence-electron chi connectivity index (χ4n) is 2.63. The SMILES string of the molecule is O=c1[nH]c2cc(Br)c(C(O)C3CCS(=O)(=O)C3)cc2[nH]1. The molecule has 3 N–H and O–H groups in total. The van der Waals surface area contributed by atoms with E-state index in [9.17, 15) is 18.3 Å². The normalized spacial score (nSPS) is 23.2. The molecule has 108 valence electrons. The van der Waals surface area contributed by atoms with Gasteiger partial charge in [0.2, 0.25) is 0 Å². The number of H-pyrrole nitrogens is 2. The molecule has 0 saturated carbocycles. The molecule has 3 rings (SSSR count). The Balaban J connectivity index is 2.01. The van der Waals surface area contributed by atoms with Crippen LogP contribution in [0.5, 0.6) is 0 Å². The third kappa shape index (κ3) is 2.43. The lowest BCUT2D eigenvalue weighted by Gasteiger charge is -2.18. The van der Waals surface area contributed by atoms with E-state index in [1.54, 1.807) is 12.1 Å². The number of aromatic nitrogens is 2. The third-order valence-electron chi connectivity index (χ3n) is 3.67. The van der Waals surface area contributed by atoms with Gasteiger partial charge in [-0.05, 0) is 24.1 Å². The quantitative estimate of drug-likeness (QED) is 0.745. The fraction of sp³-hybridized carbons (Fsp3) is 0.417. The summed E-state index contributed by atoms with van der Waals surface area (Å²) in [5, 5.41) is 10.4. The van der Waals surface area contributed by atoms with Gasteiger partial charge in [-0.1, -0.05) is 15.9 Å². The first-order valence-corrected chi connectivity index (χ1v) is 8.77. The van der Waals surface area contributed by atoms with E-state index >= 15 is 0 Å². The zero-order chi connectivity index (χ0) is 14.5. The fourth-order valence-corrected chi connectivity index (χ4v) is 5.03. The van der Waals surface area contributed by atoms with Crippen LogP contribution in [0.2, 0.25) is 0 Å². The lowest BCUT2D eigenvalue weighted by Crippen LogP contribution is -2.14. The zero-order valence-corrected chi connectivity index (χ0v) is 12.8. The summed E-state index contributed by atoms with van der Waals surface area (Å²) >= 11 is 3.36. The summed E-state index contributed by atoms with van der Waals surface area (Å²) in [7, 11) is -3.04. The molecule has 2 unspecified atom stereocenters. The monoisotopic (exact) mass is 360 g/mol. The highest BCUT2D eigenvalue weighted by atomic mass is 79.9. The Labute approximate surface area is 123 Å². The maximum atomic E-state index is 11.5. The Kier molecular flexibility index (Phi) is 3.26. The second-order valence-corrected chi connectivity index (χ2v) is 8.19. The summed E-state index contributed by atoms with van der Waals surface area (Å²) in [6, 6.07) is 3.38. The first-order chi connectivity index (χ1) is 9.35. The standard InChI is InChI=1S/C12H13BrN2O4S/c13-8-4-10-9(14-12(17)15-10)3-7(8)11(16)6-1-2-20(18,19)5-6/h3-4,6,11,16H,1-2,5H2,(H2,14,15,17). The first-order valence-electron chi connectivity index (χ1n) is 6.16. The van der Waals surface area contributed by atoms with Crippen molar-refractivity contribution in [1.29, 1.82) is 0 Å². The van der Waals surface area contributed by atoms with E-state index < -0.39 is 15.9 Å². The van der Waals surface area contributed by atoms with Gasteiger partial charge < -0.3 is 15.1 Å². The molecule has 1 aromatic heterocycles. The number of fused-ring (bicyclic) bond motifs is 1. The van der Waals surface area contributed by atoms with E-state index in [0.717, 1.165) is 0 Å². The van der Waals surface area contributed by atoms with Crippen LogP contribution in [-0.2, 0) is 9.84 Å². The molecule has 20 heavy (non-hydrogen) atoms. The van der Waals surface area contributed by atoms with Crippen molar-refractivity contribution in [3.05, 3.63) is 32.7 Å². The van der Waals surface area contributed by atoms with Gasteiger partial charge in [0.15, 0.2) is 9.84 Å². The van der Waals surface area contributed by atoms with Crippen LogP contribution in [0.4, 0.5) is 0 Å². The number of rotatable bonds is 2. The molecule has 2 heterocycles. The van der Waals surface area contributed by atoms with Crippen molar-refractivity contribution in [2.75, 3.05) is 11.5 Å². The van der Waals surface area contributed by atoms with Gasteiger partial charge in [0.05, 0.1) is 28.6 Å². The summed E-state index contributed by atoms with van der Waals surface area (Å²) < 4.78 is 23.7. The van der Waals surface area contributed by atoms with E-state index in [4.69, 9.17) is 0 Å². The van der Waals surface area contributed by atoms with Gasteiger partial charge in [-0.15, -0.1) is 0 Å². The van der Waals surface area contributed by atoms with E-state index in [0.29, 0.717) is 27.5 Å². The number of halogens is 1. The van der Waals surface area contributed by atoms with Crippen LogP contribution < -0.4 is 5.69 Å². The van der Waals surface area contributed by atoms with E-state index in [1.165, 1.54) is 0 Å². The summed E-state index contributed by atoms with van der Waals surface area (Å²) in [4.78, 5) is 16.5. The molecule has 2 aromatic rings. The molecule has 1 fully saturated rings. The van der Waals surface area contributed by atoms with Gasteiger partial charge >= 0.3 is 5.69 Å². The maximum absolute atomic E-state index is 11.5. The van der Waals surface area contributed by atoms with Gasteiger partial charge in [-0.3, -0.25) is 0 Å². The number of aliphatic hydroxyl groups excluding tert-OH is 1. The molecule has 6 nitrogen and oxygen atoms in total. The average molecular weight is 361 g/mol. The number of imidazole rings is 1. The molecule has 1 aromatic carbocycles. The minimum Gasteiger partial charge on any atom is -0.388 e. The smallest absolute Gasteiger partial charge is 0.323 e. The number of hydrogen-bond acceptors (Lipinski definition) is 4.